The summed E-state index contributed by atoms with van der Waals surface area (Å²) in [6.07, 6.45) is 7.01. The van der Waals surface area contributed by atoms with E-state index in [2.05, 4.69) is 21.2 Å². The molecule has 0 heterocycles. The fourth-order valence-corrected chi connectivity index (χ4v) is 1.74. The predicted molar refractivity (Wildman–Crippen MR) is 53.2 cm³/mol. The van der Waals surface area contributed by atoms with Gasteiger partial charge in [-0.3, -0.25) is 0 Å². The molecular weight excluding hydrogens is 202 g/mol. The van der Waals surface area contributed by atoms with Crippen molar-refractivity contribution in [3.05, 3.63) is 0 Å². The Balaban J connectivity index is 1.73. The third-order valence-electron chi connectivity index (χ3n) is 2.39. The van der Waals surface area contributed by atoms with Gasteiger partial charge in [0.1, 0.15) is 0 Å². The zero-order valence-corrected chi connectivity index (χ0v) is 8.70. The van der Waals surface area contributed by atoms with Gasteiger partial charge in [-0.05, 0) is 44.7 Å². The molecule has 1 nitrogen and oxygen atoms in total. The van der Waals surface area contributed by atoms with E-state index >= 15 is 0 Å². The molecule has 66 valence electrons. The first-order valence-corrected chi connectivity index (χ1v) is 5.82. The Kier molecular flexibility index (Phi) is 5.21. The maximum absolute atomic E-state index is 3.50. The summed E-state index contributed by atoms with van der Waals surface area (Å²) in [4.78, 5) is 0. The molecule has 1 rings (SSSR count). The molecule has 1 fully saturated rings. The number of rotatable bonds is 6. The molecule has 1 aliphatic rings. The van der Waals surface area contributed by atoms with Crippen LogP contribution in [0.2, 0.25) is 0 Å². The van der Waals surface area contributed by atoms with Gasteiger partial charge in [0.15, 0.2) is 0 Å². The molecule has 0 amide bonds. The molecule has 2 heteroatoms. The first-order chi connectivity index (χ1) is 5.43. The van der Waals surface area contributed by atoms with Gasteiger partial charge in [-0.2, -0.15) is 0 Å². The zero-order valence-electron chi connectivity index (χ0n) is 7.11. The van der Waals surface area contributed by atoms with Gasteiger partial charge in [-0.15, -0.1) is 0 Å². The molecule has 0 aromatic rings. The van der Waals surface area contributed by atoms with Crippen LogP contribution in [0.25, 0.3) is 0 Å². The van der Waals surface area contributed by atoms with Crippen molar-refractivity contribution in [2.45, 2.75) is 32.1 Å². The van der Waals surface area contributed by atoms with Crippen molar-refractivity contribution in [2.75, 3.05) is 18.4 Å². The van der Waals surface area contributed by atoms with Crippen LogP contribution in [0.1, 0.15) is 32.1 Å². The number of alkyl halides is 1. The molecule has 11 heavy (non-hydrogen) atoms. The van der Waals surface area contributed by atoms with Crippen LogP contribution in [-0.2, 0) is 0 Å². The van der Waals surface area contributed by atoms with Gasteiger partial charge in [-0.25, -0.2) is 0 Å². The fraction of sp³-hybridized carbons (Fsp3) is 1.00. The standard InChI is InChI=1S/C9H18BrN/c10-6-1-2-7-11-8-9-4-3-5-9/h9,11H,1-8H2. The van der Waals surface area contributed by atoms with Crippen molar-refractivity contribution in [2.24, 2.45) is 5.92 Å². The summed E-state index contributed by atoms with van der Waals surface area (Å²) in [5, 5.41) is 4.65. The number of nitrogens with one attached hydrogen (secondary N) is 1. The van der Waals surface area contributed by atoms with Crippen LogP contribution >= 0.6 is 15.9 Å². The molecule has 0 bridgehead atoms. The zero-order chi connectivity index (χ0) is 7.94. The van der Waals surface area contributed by atoms with Gasteiger partial charge in [-0.1, -0.05) is 22.4 Å². The molecule has 0 radical (unpaired) electrons. The van der Waals surface area contributed by atoms with Crippen LogP contribution in [0.15, 0.2) is 0 Å². The lowest BCUT2D eigenvalue weighted by atomic mass is 9.85. The first kappa shape index (κ1) is 9.53. The average Bonchev–Trinajstić information content (AvgIpc) is 1.93. The molecule has 0 unspecified atom stereocenters. The van der Waals surface area contributed by atoms with Gasteiger partial charge in [0.25, 0.3) is 0 Å². The van der Waals surface area contributed by atoms with E-state index in [0.717, 1.165) is 11.2 Å². The summed E-state index contributed by atoms with van der Waals surface area (Å²) in [6, 6.07) is 0. The summed E-state index contributed by atoms with van der Waals surface area (Å²) in [7, 11) is 0. The van der Waals surface area contributed by atoms with E-state index < -0.39 is 0 Å². The van der Waals surface area contributed by atoms with Crippen LogP contribution in [0, 0.1) is 5.92 Å². The third-order valence-corrected chi connectivity index (χ3v) is 2.96. The molecule has 1 saturated carbocycles. The Morgan fingerprint density at radius 1 is 1.27 bits per heavy atom. The van der Waals surface area contributed by atoms with Crippen molar-refractivity contribution in [1.29, 1.82) is 0 Å². The number of hydrogen-bond acceptors (Lipinski definition) is 1. The highest BCUT2D eigenvalue weighted by molar-refractivity contribution is 9.09. The fourth-order valence-electron chi connectivity index (χ4n) is 1.35. The largest absolute Gasteiger partial charge is 0.316 e. The molecular formula is C9H18BrN. The Bertz CT molecular complexity index is 91.6. The highest BCUT2D eigenvalue weighted by Gasteiger charge is 2.15. The van der Waals surface area contributed by atoms with Crippen LogP contribution in [-0.4, -0.2) is 18.4 Å². The van der Waals surface area contributed by atoms with Gasteiger partial charge in [0, 0.05) is 5.33 Å². The van der Waals surface area contributed by atoms with E-state index in [-0.39, 0.29) is 0 Å². The first-order valence-electron chi connectivity index (χ1n) is 4.70. The number of halogens is 1. The van der Waals surface area contributed by atoms with Gasteiger partial charge < -0.3 is 5.32 Å². The van der Waals surface area contributed by atoms with Crippen LogP contribution in [0.5, 0.6) is 0 Å². The van der Waals surface area contributed by atoms with Crippen LogP contribution in [0.3, 0.4) is 0 Å². The lowest BCUT2D eigenvalue weighted by Crippen LogP contribution is -2.27. The minimum atomic E-state index is 1.01. The molecule has 0 saturated heterocycles. The average molecular weight is 220 g/mol. The summed E-state index contributed by atoms with van der Waals surface area (Å²) in [5.74, 6) is 1.01. The van der Waals surface area contributed by atoms with Crippen molar-refractivity contribution in [1.82, 2.24) is 5.32 Å². The smallest absolute Gasteiger partial charge is 0.00317 e. The monoisotopic (exact) mass is 219 g/mol. The maximum Gasteiger partial charge on any atom is 0.00317 e. The second-order valence-electron chi connectivity index (χ2n) is 3.40. The molecule has 0 aliphatic heterocycles. The highest BCUT2D eigenvalue weighted by Crippen LogP contribution is 2.24. The van der Waals surface area contributed by atoms with Gasteiger partial charge in [0.05, 0.1) is 0 Å². The normalized spacial score (nSPS) is 18.3. The summed E-state index contributed by atoms with van der Waals surface area (Å²) < 4.78 is 0. The lowest BCUT2D eigenvalue weighted by Gasteiger charge is -2.25. The number of hydrogen-bond donors (Lipinski definition) is 1. The Labute approximate surface area is 78.1 Å². The van der Waals surface area contributed by atoms with Gasteiger partial charge in [0.2, 0.25) is 0 Å². The quantitative estimate of drug-likeness (QED) is 0.535. The molecule has 0 spiro atoms. The summed E-state index contributed by atoms with van der Waals surface area (Å²) >= 11 is 3.43. The molecule has 0 aromatic carbocycles. The summed E-state index contributed by atoms with van der Waals surface area (Å²) in [5.41, 5.74) is 0. The SMILES string of the molecule is BrCCCCNCC1CCC1. The maximum atomic E-state index is 3.50. The van der Waals surface area contributed by atoms with Crippen molar-refractivity contribution >= 4 is 15.9 Å². The summed E-state index contributed by atoms with van der Waals surface area (Å²) in [6.45, 7) is 2.48. The minimum Gasteiger partial charge on any atom is -0.316 e. The third kappa shape index (κ3) is 4.12. The molecule has 1 aliphatic carbocycles. The van der Waals surface area contributed by atoms with Crippen molar-refractivity contribution in [3.63, 3.8) is 0 Å². The van der Waals surface area contributed by atoms with Gasteiger partial charge >= 0.3 is 0 Å². The minimum absolute atomic E-state index is 1.01. The van der Waals surface area contributed by atoms with Crippen molar-refractivity contribution in [3.8, 4) is 0 Å². The van der Waals surface area contributed by atoms with E-state index in [1.54, 1.807) is 0 Å². The second-order valence-corrected chi connectivity index (χ2v) is 4.19. The molecule has 0 aromatic heterocycles. The topological polar surface area (TPSA) is 12.0 Å². The Hall–Kier alpha value is 0.440. The highest BCUT2D eigenvalue weighted by atomic mass is 79.9. The van der Waals surface area contributed by atoms with Crippen molar-refractivity contribution < 1.29 is 0 Å². The molecule has 1 N–H and O–H groups in total. The Morgan fingerprint density at radius 2 is 2.09 bits per heavy atom. The number of unbranched alkanes of at least 4 members (excludes halogenated alkanes) is 1. The predicted octanol–water partition coefficient (Wildman–Crippen LogP) is 2.55. The second kappa shape index (κ2) is 6.01. The molecule has 0 atom stereocenters. The lowest BCUT2D eigenvalue weighted by molar-refractivity contribution is 0.302. The Morgan fingerprint density at radius 3 is 2.64 bits per heavy atom. The van der Waals surface area contributed by atoms with E-state index in [0.29, 0.717) is 0 Å². The van der Waals surface area contributed by atoms with E-state index in [4.69, 9.17) is 0 Å². The van der Waals surface area contributed by atoms with E-state index in [1.807, 2.05) is 0 Å². The van der Waals surface area contributed by atoms with Crippen LogP contribution in [0.4, 0.5) is 0 Å². The van der Waals surface area contributed by atoms with Crippen LogP contribution < -0.4 is 5.32 Å². The van der Waals surface area contributed by atoms with E-state index in [9.17, 15) is 0 Å². The van der Waals surface area contributed by atoms with E-state index in [1.165, 1.54) is 45.2 Å².